The molecule has 1 aromatic heterocycles. The summed E-state index contributed by atoms with van der Waals surface area (Å²) in [5.74, 6) is -1.68. The maximum absolute atomic E-state index is 12.1. The molecule has 112 valence electrons. The summed E-state index contributed by atoms with van der Waals surface area (Å²) in [6, 6.07) is 2.51. The number of anilines is 1. The molecule has 1 fully saturated rings. The molecule has 0 aromatic carbocycles. The molecule has 2 heterocycles. The third-order valence-corrected chi connectivity index (χ3v) is 3.61. The predicted molar refractivity (Wildman–Crippen MR) is 73.7 cm³/mol. The molecule has 1 aliphatic heterocycles. The largest absolute Gasteiger partial charge is 0.476 e. The highest BCUT2D eigenvalue weighted by Crippen LogP contribution is 2.29. The maximum atomic E-state index is 12.1. The number of carboxylic acids is 1. The fraction of sp³-hybridized carbons (Fsp3) is 0.385. The number of nitrogens with one attached hydrogen (secondary N) is 1. The first kappa shape index (κ1) is 14.8. The number of carbonyl (C=O) groups excluding carboxylic acids is 2. The molecule has 2 rings (SSSR count). The van der Waals surface area contributed by atoms with Crippen molar-refractivity contribution in [1.82, 2.24) is 9.88 Å². The molecule has 1 aliphatic rings. The van der Waals surface area contributed by atoms with Crippen LogP contribution in [0.1, 0.15) is 23.8 Å². The lowest BCUT2D eigenvalue weighted by Crippen LogP contribution is -2.40. The van der Waals surface area contributed by atoms with Gasteiger partial charge in [0.15, 0.2) is 5.69 Å². The number of pyridine rings is 1. The van der Waals surface area contributed by atoms with Crippen LogP contribution in [-0.4, -0.2) is 46.0 Å². The molecule has 1 saturated heterocycles. The molecular formula is C13H16N4O4. The number of hydrogen-bond donors (Lipinski definition) is 3. The molecule has 4 N–H and O–H groups in total. The number of amides is 3. The number of hydrogen-bond acceptors (Lipinski definition) is 4. The average molecular weight is 292 g/mol. The molecule has 1 atom stereocenters. The molecule has 1 unspecified atom stereocenters. The third-order valence-electron chi connectivity index (χ3n) is 3.61. The van der Waals surface area contributed by atoms with Gasteiger partial charge in [0.25, 0.3) is 0 Å². The second-order valence-corrected chi connectivity index (χ2v) is 5.23. The molecule has 0 spiro atoms. The zero-order valence-electron chi connectivity index (χ0n) is 11.5. The molecule has 0 radical (unpaired) electrons. The van der Waals surface area contributed by atoms with E-state index in [0.29, 0.717) is 13.0 Å². The summed E-state index contributed by atoms with van der Waals surface area (Å²) in [5.41, 5.74) is 4.46. The minimum atomic E-state index is -1.23. The summed E-state index contributed by atoms with van der Waals surface area (Å²) >= 11 is 0. The van der Waals surface area contributed by atoms with Crippen LogP contribution in [0, 0.1) is 5.41 Å². The zero-order valence-corrected chi connectivity index (χ0v) is 11.5. The van der Waals surface area contributed by atoms with E-state index in [1.807, 2.05) is 0 Å². The van der Waals surface area contributed by atoms with E-state index in [4.69, 9.17) is 10.8 Å². The van der Waals surface area contributed by atoms with Crippen molar-refractivity contribution in [3.8, 4) is 0 Å². The topological polar surface area (TPSA) is 126 Å². The van der Waals surface area contributed by atoms with E-state index in [1.54, 1.807) is 6.92 Å². The highest BCUT2D eigenvalue weighted by molar-refractivity contribution is 5.98. The monoisotopic (exact) mass is 292 g/mol. The third kappa shape index (κ3) is 2.93. The van der Waals surface area contributed by atoms with Gasteiger partial charge in [-0.05, 0) is 25.5 Å². The fourth-order valence-electron chi connectivity index (χ4n) is 2.21. The summed E-state index contributed by atoms with van der Waals surface area (Å²) in [6.45, 7) is 2.29. The van der Waals surface area contributed by atoms with E-state index >= 15 is 0 Å². The summed E-state index contributed by atoms with van der Waals surface area (Å²) in [5, 5.41) is 11.5. The van der Waals surface area contributed by atoms with Gasteiger partial charge < -0.3 is 21.1 Å². The number of likely N-dealkylation sites (tertiary alicyclic amines) is 1. The van der Waals surface area contributed by atoms with Crippen LogP contribution in [0.25, 0.3) is 0 Å². The normalized spacial score (nSPS) is 21.1. The van der Waals surface area contributed by atoms with E-state index in [2.05, 4.69) is 10.3 Å². The SMILES string of the molecule is CC1(C(N)=O)CCN(C(=O)Nc2cccnc2C(=O)O)C1. The van der Waals surface area contributed by atoms with Gasteiger partial charge in [-0.25, -0.2) is 14.6 Å². The Morgan fingerprint density at radius 1 is 1.48 bits per heavy atom. The van der Waals surface area contributed by atoms with Crippen LogP contribution in [0.3, 0.4) is 0 Å². The lowest BCUT2D eigenvalue weighted by atomic mass is 9.89. The number of carbonyl (C=O) groups is 3. The van der Waals surface area contributed by atoms with Crippen LogP contribution >= 0.6 is 0 Å². The average Bonchev–Trinajstić information content (AvgIpc) is 2.83. The van der Waals surface area contributed by atoms with Gasteiger partial charge in [0.2, 0.25) is 5.91 Å². The van der Waals surface area contributed by atoms with Crippen molar-refractivity contribution in [2.24, 2.45) is 11.1 Å². The molecule has 21 heavy (non-hydrogen) atoms. The van der Waals surface area contributed by atoms with E-state index in [1.165, 1.54) is 23.2 Å². The smallest absolute Gasteiger partial charge is 0.356 e. The summed E-state index contributed by atoms with van der Waals surface area (Å²) in [4.78, 5) is 39.7. The van der Waals surface area contributed by atoms with E-state index < -0.39 is 23.3 Å². The lowest BCUT2D eigenvalue weighted by molar-refractivity contribution is -0.126. The molecule has 0 bridgehead atoms. The van der Waals surface area contributed by atoms with E-state index in [0.717, 1.165) is 0 Å². The number of urea groups is 1. The zero-order chi connectivity index (χ0) is 15.6. The number of rotatable bonds is 3. The van der Waals surface area contributed by atoms with Crippen LogP contribution in [-0.2, 0) is 4.79 Å². The Labute approximate surface area is 120 Å². The number of aromatic carboxylic acids is 1. The minimum Gasteiger partial charge on any atom is -0.476 e. The molecule has 1 aromatic rings. The highest BCUT2D eigenvalue weighted by Gasteiger charge is 2.40. The van der Waals surface area contributed by atoms with Gasteiger partial charge in [0, 0.05) is 19.3 Å². The first-order chi connectivity index (χ1) is 9.83. The highest BCUT2D eigenvalue weighted by atomic mass is 16.4. The molecule has 3 amide bonds. The molecule has 8 nitrogen and oxygen atoms in total. The molecule has 0 saturated carbocycles. The molecule has 0 aliphatic carbocycles. The second-order valence-electron chi connectivity index (χ2n) is 5.23. The summed E-state index contributed by atoms with van der Waals surface area (Å²) < 4.78 is 0. The number of carboxylic acid groups (broad SMARTS) is 1. The van der Waals surface area contributed by atoms with Gasteiger partial charge in [-0.2, -0.15) is 0 Å². The minimum absolute atomic E-state index is 0.114. The Kier molecular flexibility index (Phi) is 3.79. The van der Waals surface area contributed by atoms with Gasteiger partial charge in [-0.3, -0.25) is 4.79 Å². The van der Waals surface area contributed by atoms with E-state index in [9.17, 15) is 14.4 Å². The van der Waals surface area contributed by atoms with Crippen molar-refractivity contribution >= 4 is 23.6 Å². The van der Waals surface area contributed by atoms with Crippen molar-refractivity contribution < 1.29 is 19.5 Å². The summed E-state index contributed by atoms with van der Waals surface area (Å²) in [7, 11) is 0. The Balaban J connectivity index is 2.10. The Morgan fingerprint density at radius 3 is 2.76 bits per heavy atom. The maximum Gasteiger partial charge on any atom is 0.356 e. The standard InChI is InChI=1S/C13H16N4O4/c1-13(11(14)20)4-6-17(7-13)12(21)16-8-3-2-5-15-9(8)10(18)19/h2-3,5H,4,6-7H2,1H3,(H2,14,20)(H,16,21)(H,18,19). The van der Waals surface area contributed by atoms with Gasteiger partial charge in [-0.15, -0.1) is 0 Å². The molecular weight excluding hydrogens is 276 g/mol. The van der Waals surface area contributed by atoms with Crippen LogP contribution in [0.4, 0.5) is 10.5 Å². The van der Waals surface area contributed by atoms with Gasteiger partial charge in [0.05, 0.1) is 11.1 Å². The first-order valence-electron chi connectivity index (χ1n) is 6.37. The number of aromatic nitrogens is 1. The van der Waals surface area contributed by atoms with E-state index in [-0.39, 0.29) is 17.9 Å². The van der Waals surface area contributed by atoms with Crippen molar-refractivity contribution in [2.75, 3.05) is 18.4 Å². The fourth-order valence-corrected chi connectivity index (χ4v) is 2.21. The predicted octanol–water partition coefficient (Wildman–Crippen LogP) is 0.509. The number of primary amides is 1. The summed E-state index contributed by atoms with van der Waals surface area (Å²) in [6.07, 6.45) is 1.81. The Morgan fingerprint density at radius 2 is 2.19 bits per heavy atom. The van der Waals surface area contributed by atoms with Crippen LogP contribution < -0.4 is 11.1 Å². The lowest BCUT2D eigenvalue weighted by Gasteiger charge is -2.21. The Hall–Kier alpha value is -2.64. The molecule has 8 heteroatoms. The number of nitrogens with zero attached hydrogens (tertiary/aromatic N) is 2. The van der Waals surface area contributed by atoms with Crippen LogP contribution in [0.15, 0.2) is 18.3 Å². The second kappa shape index (κ2) is 5.39. The van der Waals surface area contributed by atoms with Crippen molar-refractivity contribution in [3.63, 3.8) is 0 Å². The van der Waals surface area contributed by atoms with Gasteiger partial charge in [-0.1, -0.05) is 0 Å². The van der Waals surface area contributed by atoms with Crippen molar-refractivity contribution in [3.05, 3.63) is 24.0 Å². The number of nitrogens with two attached hydrogens (primary N) is 1. The quantitative estimate of drug-likeness (QED) is 0.748. The Bertz CT molecular complexity index is 604. The first-order valence-corrected chi connectivity index (χ1v) is 6.37. The van der Waals surface area contributed by atoms with Crippen LogP contribution in [0.5, 0.6) is 0 Å². The van der Waals surface area contributed by atoms with Crippen molar-refractivity contribution in [2.45, 2.75) is 13.3 Å². The van der Waals surface area contributed by atoms with Crippen LogP contribution in [0.2, 0.25) is 0 Å². The van der Waals surface area contributed by atoms with Gasteiger partial charge in [0.1, 0.15) is 0 Å². The van der Waals surface area contributed by atoms with Crippen molar-refractivity contribution in [1.29, 1.82) is 0 Å². The van der Waals surface area contributed by atoms with Gasteiger partial charge >= 0.3 is 12.0 Å².